The number of carbonyl (C=O) groups is 1. The summed E-state index contributed by atoms with van der Waals surface area (Å²) in [7, 11) is -1.10. The van der Waals surface area contributed by atoms with Crippen molar-refractivity contribution in [1.29, 1.82) is 0 Å². The van der Waals surface area contributed by atoms with Crippen molar-refractivity contribution in [3.8, 4) is 11.5 Å². The summed E-state index contributed by atoms with van der Waals surface area (Å²) in [5, 5.41) is 2.93. The Labute approximate surface area is 207 Å². The van der Waals surface area contributed by atoms with Crippen LogP contribution >= 0.6 is 0 Å². The zero-order valence-electron chi connectivity index (χ0n) is 20.5. The third-order valence-corrected chi connectivity index (χ3v) is 7.44. The van der Waals surface area contributed by atoms with E-state index >= 15 is 0 Å². The lowest BCUT2D eigenvalue weighted by Gasteiger charge is -2.26. The first-order chi connectivity index (χ1) is 16.7. The van der Waals surface area contributed by atoms with Crippen LogP contribution in [0.25, 0.3) is 0 Å². The molecule has 7 nitrogen and oxygen atoms in total. The molecule has 0 aromatic heterocycles. The number of nitrogens with zero attached hydrogens (tertiary/aromatic N) is 1. The summed E-state index contributed by atoms with van der Waals surface area (Å²) < 4.78 is 39.1. The molecule has 0 fully saturated rings. The lowest BCUT2D eigenvalue weighted by molar-refractivity contribution is -0.120. The number of aryl methyl sites for hydroxylation is 2. The van der Waals surface area contributed by atoms with Gasteiger partial charge in [0.05, 0.1) is 24.8 Å². The second kappa shape index (κ2) is 11.8. The van der Waals surface area contributed by atoms with Gasteiger partial charge in [-0.15, -0.1) is 0 Å². The molecule has 35 heavy (non-hydrogen) atoms. The van der Waals surface area contributed by atoms with E-state index in [0.717, 1.165) is 22.7 Å². The lowest BCUT2D eigenvalue weighted by atomic mass is 10.1. The van der Waals surface area contributed by atoms with Gasteiger partial charge >= 0.3 is 0 Å². The number of methoxy groups -OCH3 is 2. The Bertz CT molecular complexity index is 1230. The Morgan fingerprint density at radius 1 is 0.971 bits per heavy atom. The number of nitrogens with one attached hydrogen (secondary N) is 1. The quantitative estimate of drug-likeness (QED) is 0.427. The molecule has 0 saturated carbocycles. The lowest BCUT2D eigenvalue weighted by Crippen LogP contribution is -2.43. The predicted molar refractivity (Wildman–Crippen MR) is 138 cm³/mol. The topological polar surface area (TPSA) is 84.9 Å². The molecule has 0 bridgehead atoms. The summed E-state index contributed by atoms with van der Waals surface area (Å²) in [4.78, 5) is 13.1. The molecule has 1 N–H and O–H groups in total. The van der Waals surface area contributed by atoms with E-state index in [1.54, 1.807) is 30.3 Å². The first-order valence-electron chi connectivity index (χ1n) is 11.4. The maximum atomic E-state index is 13.7. The molecule has 0 aliphatic carbocycles. The maximum Gasteiger partial charge on any atom is 0.264 e. The Morgan fingerprint density at radius 3 is 2.29 bits per heavy atom. The largest absolute Gasteiger partial charge is 0.497 e. The van der Waals surface area contributed by atoms with Gasteiger partial charge in [-0.05, 0) is 56.5 Å². The Hall–Kier alpha value is -3.52. The molecule has 0 saturated heterocycles. The molecule has 3 aromatic rings. The molecule has 0 aliphatic heterocycles. The fraction of sp³-hybridized carbons (Fsp3) is 0.296. The van der Waals surface area contributed by atoms with Gasteiger partial charge < -0.3 is 14.8 Å². The SMILES string of the molecule is COc1ccc(N(CC(=O)N[C@H](C)CCc2ccccc2)S(=O)(=O)c2ccc(C)cc2)c(OC)c1. The van der Waals surface area contributed by atoms with Crippen LogP contribution in [-0.4, -0.2) is 41.1 Å². The highest BCUT2D eigenvalue weighted by Crippen LogP contribution is 2.35. The normalized spacial score (nSPS) is 12.0. The molecule has 0 radical (unpaired) electrons. The number of amides is 1. The molecule has 0 heterocycles. The molecular weight excluding hydrogens is 464 g/mol. The van der Waals surface area contributed by atoms with Crippen LogP contribution in [0.1, 0.15) is 24.5 Å². The van der Waals surface area contributed by atoms with Crippen molar-refractivity contribution in [2.75, 3.05) is 25.1 Å². The minimum atomic E-state index is -4.06. The Balaban J connectivity index is 1.85. The predicted octanol–water partition coefficient (Wildman–Crippen LogP) is 4.35. The van der Waals surface area contributed by atoms with Crippen LogP contribution < -0.4 is 19.1 Å². The third kappa shape index (κ3) is 6.76. The maximum absolute atomic E-state index is 13.7. The molecule has 0 spiro atoms. The van der Waals surface area contributed by atoms with Gasteiger partial charge in [0.15, 0.2) is 0 Å². The van der Waals surface area contributed by atoms with E-state index in [1.165, 1.54) is 31.9 Å². The van der Waals surface area contributed by atoms with E-state index in [0.29, 0.717) is 5.75 Å². The molecule has 8 heteroatoms. The van der Waals surface area contributed by atoms with Crippen LogP contribution in [0.4, 0.5) is 5.69 Å². The van der Waals surface area contributed by atoms with Gasteiger partial charge in [0, 0.05) is 12.1 Å². The fourth-order valence-electron chi connectivity index (χ4n) is 3.68. The zero-order chi connectivity index (χ0) is 25.4. The number of sulfonamides is 1. The van der Waals surface area contributed by atoms with Crippen molar-refractivity contribution in [2.24, 2.45) is 0 Å². The summed E-state index contributed by atoms with van der Waals surface area (Å²) in [5.74, 6) is 0.390. The van der Waals surface area contributed by atoms with Crippen LogP contribution in [0, 0.1) is 6.92 Å². The van der Waals surface area contributed by atoms with Gasteiger partial charge in [-0.2, -0.15) is 0 Å². The average molecular weight is 497 g/mol. The molecule has 3 aromatic carbocycles. The molecule has 0 unspecified atom stereocenters. The van der Waals surface area contributed by atoms with E-state index in [9.17, 15) is 13.2 Å². The van der Waals surface area contributed by atoms with Crippen molar-refractivity contribution in [2.45, 2.75) is 37.6 Å². The first-order valence-corrected chi connectivity index (χ1v) is 12.8. The highest BCUT2D eigenvalue weighted by Gasteiger charge is 2.30. The van der Waals surface area contributed by atoms with E-state index in [-0.39, 0.29) is 22.4 Å². The van der Waals surface area contributed by atoms with Gasteiger partial charge in [0.1, 0.15) is 18.0 Å². The van der Waals surface area contributed by atoms with Crippen molar-refractivity contribution < 1.29 is 22.7 Å². The molecule has 1 amide bonds. The summed E-state index contributed by atoms with van der Waals surface area (Å²) >= 11 is 0. The van der Waals surface area contributed by atoms with E-state index < -0.39 is 22.5 Å². The number of hydrogen-bond donors (Lipinski definition) is 1. The van der Waals surface area contributed by atoms with Gasteiger partial charge in [-0.3, -0.25) is 9.10 Å². The molecule has 186 valence electrons. The van der Waals surface area contributed by atoms with Crippen LogP contribution in [0.3, 0.4) is 0 Å². The molecular formula is C27H32N2O5S. The van der Waals surface area contributed by atoms with E-state index in [4.69, 9.17) is 9.47 Å². The first kappa shape index (κ1) is 26.1. The Kier molecular flexibility index (Phi) is 8.76. The highest BCUT2D eigenvalue weighted by atomic mass is 32.2. The second-order valence-electron chi connectivity index (χ2n) is 8.36. The Morgan fingerprint density at radius 2 is 1.66 bits per heavy atom. The van der Waals surface area contributed by atoms with Crippen LogP contribution in [0.5, 0.6) is 11.5 Å². The number of carbonyl (C=O) groups excluding carboxylic acids is 1. The molecule has 3 rings (SSSR count). The van der Waals surface area contributed by atoms with Crippen LogP contribution in [0.15, 0.2) is 77.7 Å². The van der Waals surface area contributed by atoms with Crippen molar-refractivity contribution in [1.82, 2.24) is 5.32 Å². The molecule has 0 aliphatic rings. The molecule has 1 atom stereocenters. The van der Waals surface area contributed by atoms with Crippen LogP contribution in [-0.2, 0) is 21.2 Å². The van der Waals surface area contributed by atoms with E-state index in [1.807, 2.05) is 44.2 Å². The number of rotatable bonds is 11. The van der Waals surface area contributed by atoms with Crippen LogP contribution in [0.2, 0.25) is 0 Å². The van der Waals surface area contributed by atoms with Gasteiger partial charge in [-0.1, -0.05) is 48.0 Å². The third-order valence-electron chi connectivity index (χ3n) is 5.67. The zero-order valence-corrected chi connectivity index (χ0v) is 21.3. The number of hydrogen-bond acceptors (Lipinski definition) is 5. The summed E-state index contributed by atoms with van der Waals surface area (Å²) in [6.07, 6.45) is 1.53. The smallest absolute Gasteiger partial charge is 0.264 e. The second-order valence-corrected chi connectivity index (χ2v) is 10.2. The average Bonchev–Trinajstić information content (AvgIpc) is 2.86. The highest BCUT2D eigenvalue weighted by molar-refractivity contribution is 7.92. The van der Waals surface area contributed by atoms with Gasteiger partial charge in [0.2, 0.25) is 5.91 Å². The summed E-state index contributed by atoms with van der Waals surface area (Å²) in [6.45, 7) is 3.40. The summed E-state index contributed by atoms with van der Waals surface area (Å²) in [5.41, 5.74) is 2.36. The standard InChI is InChI=1S/C27H32N2O5S/c1-20-10-15-24(16-11-20)35(31,32)29(25-17-14-23(33-3)18-26(25)34-4)19-27(30)28-21(2)12-13-22-8-6-5-7-9-22/h5-11,14-18,21H,12-13,19H2,1-4H3,(H,28,30)/t21-/m1/s1. The van der Waals surface area contributed by atoms with Crippen molar-refractivity contribution in [3.63, 3.8) is 0 Å². The van der Waals surface area contributed by atoms with Crippen molar-refractivity contribution in [3.05, 3.63) is 83.9 Å². The minimum absolute atomic E-state index is 0.0888. The fourth-order valence-corrected chi connectivity index (χ4v) is 5.11. The monoisotopic (exact) mass is 496 g/mol. The number of anilines is 1. The van der Waals surface area contributed by atoms with Gasteiger partial charge in [-0.25, -0.2) is 8.42 Å². The van der Waals surface area contributed by atoms with Crippen molar-refractivity contribution >= 4 is 21.6 Å². The summed E-state index contributed by atoms with van der Waals surface area (Å²) in [6, 6.07) is 21.2. The number of ether oxygens (including phenoxy) is 2. The minimum Gasteiger partial charge on any atom is -0.497 e. The van der Waals surface area contributed by atoms with E-state index in [2.05, 4.69) is 5.32 Å². The number of benzene rings is 3. The van der Waals surface area contributed by atoms with Gasteiger partial charge in [0.25, 0.3) is 10.0 Å².